The van der Waals surface area contributed by atoms with Crippen molar-refractivity contribution in [2.45, 2.75) is 0 Å². The van der Waals surface area contributed by atoms with E-state index in [0.717, 1.165) is 11.1 Å². The number of hydrogen-bond acceptors (Lipinski definition) is 5. The van der Waals surface area contributed by atoms with Gasteiger partial charge in [-0.1, -0.05) is 0 Å². The topological polar surface area (TPSA) is 60.7 Å². The monoisotopic (exact) mass is 325 g/mol. The van der Waals surface area contributed by atoms with E-state index in [-0.39, 0.29) is 0 Å². The van der Waals surface area contributed by atoms with E-state index in [1.807, 2.05) is 24.3 Å². The van der Waals surface area contributed by atoms with E-state index in [1.165, 1.54) is 6.08 Å². The number of ether oxygens (including phenoxy) is 4. The van der Waals surface area contributed by atoms with Crippen LogP contribution < -0.4 is 18.9 Å². The fourth-order valence-corrected chi connectivity index (χ4v) is 2.32. The van der Waals surface area contributed by atoms with Gasteiger partial charge in [-0.3, -0.25) is 0 Å². The van der Waals surface area contributed by atoms with Gasteiger partial charge in [-0.25, -0.2) is 0 Å². The summed E-state index contributed by atoms with van der Waals surface area (Å²) in [6.45, 7) is 0. The first-order valence-electron chi connectivity index (χ1n) is 7.21. The summed E-state index contributed by atoms with van der Waals surface area (Å²) >= 11 is 0. The zero-order chi connectivity index (χ0) is 17.5. The minimum absolute atomic E-state index is 0.642. The molecule has 0 N–H and O–H groups in total. The number of rotatable bonds is 6. The molecule has 0 aliphatic rings. The van der Waals surface area contributed by atoms with Crippen molar-refractivity contribution in [3.05, 3.63) is 53.6 Å². The molecular formula is C19H19NO4. The van der Waals surface area contributed by atoms with Gasteiger partial charge in [-0.15, -0.1) is 0 Å². The predicted octanol–water partition coefficient (Wildman–Crippen LogP) is 3.68. The highest BCUT2D eigenvalue weighted by molar-refractivity contribution is 5.83. The van der Waals surface area contributed by atoms with E-state index in [1.54, 1.807) is 40.6 Å². The Morgan fingerprint density at radius 3 is 1.29 bits per heavy atom. The SMILES string of the molecule is COc1cc(OC)cc(C(=CC#N)c2cc(OC)cc(OC)c2)c1. The van der Waals surface area contributed by atoms with Gasteiger partial charge in [-0.2, -0.15) is 5.26 Å². The van der Waals surface area contributed by atoms with E-state index >= 15 is 0 Å². The summed E-state index contributed by atoms with van der Waals surface area (Å²) in [6.07, 6.45) is 1.47. The second kappa shape index (κ2) is 7.93. The Balaban J connectivity index is 2.64. The molecular weight excluding hydrogens is 306 g/mol. The summed E-state index contributed by atoms with van der Waals surface area (Å²) in [6, 6.07) is 13.0. The number of benzene rings is 2. The lowest BCUT2D eigenvalue weighted by molar-refractivity contribution is 0.394. The van der Waals surface area contributed by atoms with Crippen LogP contribution in [0.2, 0.25) is 0 Å². The smallest absolute Gasteiger partial charge is 0.123 e. The van der Waals surface area contributed by atoms with Gasteiger partial charge in [0.2, 0.25) is 0 Å². The van der Waals surface area contributed by atoms with Crippen molar-refractivity contribution in [3.8, 4) is 29.1 Å². The Labute approximate surface area is 141 Å². The highest BCUT2D eigenvalue weighted by Gasteiger charge is 2.12. The number of hydrogen-bond donors (Lipinski definition) is 0. The normalized spacial score (nSPS) is 9.62. The standard InChI is InChI=1S/C19H19NO4/c1-21-15-7-13(8-16(11-15)22-2)19(5-6-20)14-9-17(23-3)12-18(10-14)24-4/h5,7-12H,1-4H3. The lowest BCUT2D eigenvalue weighted by atomic mass is 9.96. The highest BCUT2D eigenvalue weighted by Crippen LogP contribution is 2.34. The number of nitrogens with zero attached hydrogens (tertiary/aromatic N) is 1. The Bertz CT molecular complexity index is 688. The predicted molar refractivity (Wildman–Crippen MR) is 91.8 cm³/mol. The van der Waals surface area contributed by atoms with Gasteiger partial charge in [-0.05, 0) is 41.0 Å². The van der Waals surface area contributed by atoms with Crippen molar-refractivity contribution in [1.29, 1.82) is 5.26 Å². The summed E-state index contributed by atoms with van der Waals surface area (Å²) < 4.78 is 21.2. The van der Waals surface area contributed by atoms with Crippen LogP contribution in [0.5, 0.6) is 23.0 Å². The molecule has 0 saturated carbocycles. The van der Waals surface area contributed by atoms with Crippen molar-refractivity contribution in [2.75, 3.05) is 28.4 Å². The van der Waals surface area contributed by atoms with E-state index < -0.39 is 0 Å². The maximum absolute atomic E-state index is 9.21. The third-order valence-corrected chi connectivity index (χ3v) is 3.53. The van der Waals surface area contributed by atoms with Gasteiger partial charge in [0, 0.05) is 18.2 Å². The van der Waals surface area contributed by atoms with Crippen LogP contribution in [0.25, 0.3) is 5.57 Å². The molecule has 2 rings (SSSR count). The molecule has 0 radical (unpaired) electrons. The van der Waals surface area contributed by atoms with Crippen LogP contribution in [-0.4, -0.2) is 28.4 Å². The van der Waals surface area contributed by atoms with Gasteiger partial charge in [0.1, 0.15) is 23.0 Å². The van der Waals surface area contributed by atoms with E-state index in [0.29, 0.717) is 28.6 Å². The van der Waals surface area contributed by atoms with Crippen LogP contribution in [-0.2, 0) is 0 Å². The van der Waals surface area contributed by atoms with Crippen molar-refractivity contribution in [2.24, 2.45) is 0 Å². The molecule has 0 bridgehead atoms. The second-order valence-electron chi connectivity index (χ2n) is 4.89. The summed E-state index contributed by atoms with van der Waals surface area (Å²) in [7, 11) is 6.34. The lowest BCUT2D eigenvalue weighted by Gasteiger charge is -2.13. The van der Waals surface area contributed by atoms with Crippen LogP contribution in [0.3, 0.4) is 0 Å². The molecule has 0 amide bonds. The van der Waals surface area contributed by atoms with Crippen LogP contribution in [0.15, 0.2) is 42.5 Å². The maximum Gasteiger partial charge on any atom is 0.123 e. The largest absolute Gasteiger partial charge is 0.497 e. The fraction of sp³-hybridized carbons (Fsp3) is 0.211. The van der Waals surface area contributed by atoms with Crippen molar-refractivity contribution in [1.82, 2.24) is 0 Å². The molecule has 0 aromatic heterocycles. The third kappa shape index (κ3) is 3.79. The molecule has 0 aliphatic carbocycles. The molecule has 0 spiro atoms. The summed E-state index contributed by atoms with van der Waals surface area (Å²) in [5, 5.41) is 9.21. The first-order valence-corrected chi connectivity index (χ1v) is 7.21. The average Bonchev–Trinajstić information content (AvgIpc) is 2.64. The molecule has 0 fully saturated rings. The third-order valence-electron chi connectivity index (χ3n) is 3.53. The molecule has 0 atom stereocenters. The van der Waals surface area contributed by atoms with Gasteiger partial charge in [0.15, 0.2) is 0 Å². The molecule has 0 saturated heterocycles. The van der Waals surface area contributed by atoms with Crippen molar-refractivity contribution >= 4 is 5.57 Å². The maximum atomic E-state index is 9.21. The van der Waals surface area contributed by atoms with E-state index in [4.69, 9.17) is 18.9 Å². The first kappa shape index (κ1) is 17.2. The van der Waals surface area contributed by atoms with E-state index in [9.17, 15) is 5.26 Å². The van der Waals surface area contributed by atoms with Crippen LogP contribution in [0.4, 0.5) is 0 Å². The molecule has 124 valence electrons. The first-order chi connectivity index (χ1) is 11.6. The molecule has 5 heteroatoms. The molecule has 2 aromatic carbocycles. The zero-order valence-electron chi connectivity index (χ0n) is 14.1. The second-order valence-corrected chi connectivity index (χ2v) is 4.89. The van der Waals surface area contributed by atoms with Gasteiger partial charge in [0.05, 0.1) is 34.5 Å². The Morgan fingerprint density at radius 2 is 1.04 bits per heavy atom. The quantitative estimate of drug-likeness (QED) is 0.758. The number of methoxy groups -OCH3 is 4. The van der Waals surface area contributed by atoms with E-state index in [2.05, 4.69) is 6.07 Å². The highest BCUT2D eigenvalue weighted by atomic mass is 16.5. The fourth-order valence-electron chi connectivity index (χ4n) is 2.32. The molecule has 5 nitrogen and oxygen atoms in total. The number of allylic oxidation sites excluding steroid dienone is 1. The van der Waals surface area contributed by atoms with Gasteiger partial charge in [0.25, 0.3) is 0 Å². The van der Waals surface area contributed by atoms with Gasteiger partial charge < -0.3 is 18.9 Å². The molecule has 0 unspecified atom stereocenters. The Morgan fingerprint density at radius 1 is 0.708 bits per heavy atom. The van der Waals surface area contributed by atoms with Crippen molar-refractivity contribution in [3.63, 3.8) is 0 Å². The summed E-state index contributed by atoms with van der Waals surface area (Å²) in [5.74, 6) is 2.57. The summed E-state index contributed by atoms with van der Waals surface area (Å²) in [5.41, 5.74) is 2.30. The molecule has 24 heavy (non-hydrogen) atoms. The average molecular weight is 325 g/mol. The molecule has 0 aliphatic heterocycles. The van der Waals surface area contributed by atoms with Crippen LogP contribution in [0.1, 0.15) is 11.1 Å². The van der Waals surface area contributed by atoms with Crippen LogP contribution in [0, 0.1) is 11.3 Å². The Kier molecular flexibility index (Phi) is 5.69. The van der Waals surface area contributed by atoms with Crippen molar-refractivity contribution < 1.29 is 18.9 Å². The minimum Gasteiger partial charge on any atom is -0.497 e. The minimum atomic E-state index is 0.642. The lowest BCUT2D eigenvalue weighted by Crippen LogP contribution is -1.95. The summed E-state index contributed by atoms with van der Waals surface area (Å²) in [4.78, 5) is 0. The Hall–Kier alpha value is -3.13. The number of nitriles is 1. The molecule has 2 aromatic rings. The zero-order valence-corrected chi connectivity index (χ0v) is 14.1. The molecule has 0 heterocycles. The van der Waals surface area contributed by atoms with Crippen LogP contribution >= 0.6 is 0 Å². The van der Waals surface area contributed by atoms with Gasteiger partial charge >= 0.3 is 0 Å².